The van der Waals surface area contributed by atoms with E-state index in [1.54, 1.807) is 6.20 Å². The molecule has 0 aliphatic carbocycles. The van der Waals surface area contributed by atoms with Crippen LogP contribution in [0.5, 0.6) is 0 Å². The second-order valence-corrected chi connectivity index (χ2v) is 6.84. The monoisotopic (exact) mass is 336 g/mol. The summed E-state index contributed by atoms with van der Waals surface area (Å²) in [4.78, 5) is 16.6. The summed E-state index contributed by atoms with van der Waals surface area (Å²) >= 11 is 0. The number of primary sulfonamides is 1. The average Bonchev–Trinajstić information content (AvgIpc) is 2.92. The molecule has 0 radical (unpaired) electrons. The molecule has 0 spiro atoms. The molecule has 8 heteroatoms. The molecule has 1 atom stereocenters. The Hall–Kier alpha value is -2.19. The Balaban J connectivity index is 2.17. The van der Waals surface area contributed by atoms with E-state index in [1.165, 1.54) is 24.3 Å². The number of aryl methyl sites for hydroxylation is 1. The van der Waals surface area contributed by atoms with E-state index < -0.39 is 10.0 Å². The highest BCUT2D eigenvalue weighted by Crippen LogP contribution is 2.17. The molecule has 0 saturated heterocycles. The van der Waals surface area contributed by atoms with Crippen molar-refractivity contribution in [3.05, 3.63) is 48.0 Å². The first-order valence-electron chi connectivity index (χ1n) is 7.24. The summed E-state index contributed by atoms with van der Waals surface area (Å²) in [6.07, 6.45) is 5.16. The maximum atomic E-state index is 12.4. The summed E-state index contributed by atoms with van der Waals surface area (Å²) in [6.45, 7) is 2.03. The average molecular weight is 336 g/mol. The number of sulfonamides is 1. The van der Waals surface area contributed by atoms with Crippen LogP contribution in [0.1, 0.15) is 42.0 Å². The second-order valence-electron chi connectivity index (χ2n) is 5.28. The van der Waals surface area contributed by atoms with Crippen LogP contribution in [0.15, 0.2) is 41.6 Å². The first-order chi connectivity index (χ1) is 10.8. The van der Waals surface area contributed by atoms with E-state index in [2.05, 4.69) is 10.3 Å². The van der Waals surface area contributed by atoms with E-state index in [-0.39, 0.29) is 16.8 Å². The van der Waals surface area contributed by atoms with Gasteiger partial charge in [-0.05, 0) is 30.7 Å². The van der Waals surface area contributed by atoms with Gasteiger partial charge in [-0.2, -0.15) is 0 Å². The van der Waals surface area contributed by atoms with Crippen LogP contribution in [-0.2, 0) is 17.1 Å². The lowest BCUT2D eigenvalue weighted by molar-refractivity contribution is 0.0932. The zero-order valence-electron chi connectivity index (χ0n) is 13.1. The molecular formula is C15H20N4O3S. The van der Waals surface area contributed by atoms with Gasteiger partial charge in [-0.1, -0.05) is 13.3 Å². The number of nitrogens with one attached hydrogen (secondary N) is 1. The molecule has 0 fully saturated rings. The van der Waals surface area contributed by atoms with E-state index in [1.807, 2.05) is 24.7 Å². The van der Waals surface area contributed by atoms with Crippen molar-refractivity contribution >= 4 is 15.9 Å². The Bertz CT molecular complexity index is 781. The Morgan fingerprint density at radius 3 is 2.48 bits per heavy atom. The van der Waals surface area contributed by atoms with E-state index in [0.717, 1.165) is 18.7 Å². The number of rotatable bonds is 6. The molecule has 3 N–H and O–H groups in total. The number of imidazole rings is 1. The summed E-state index contributed by atoms with van der Waals surface area (Å²) in [5.74, 6) is 0.494. The van der Waals surface area contributed by atoms with Gasteiger partial charge in [-0.25, -0.2) is 18.5 Å². The third-order valence-electron chi connectivity index (χ3n) is 3.50. The number of nitrogens with two attached hydrogens (primary N) is 1. The molecule has 0 bridgehead atoms. The van der Waals surface area contributed by atoms with Crippen molar-refractivity contribution < 1.29 is 13.2 Å². The van der Waals surface area contributed by atoms with Gasteiger partial charge >= 0.3 is 0 Å². The van der Waals surface area contributed by atoms with Gasteiger partial charge < -0.3 is 9.88 Å². The molecule has 0 aliphatic heterocycles. The van der Waals surface area contributed by atoms with Gasteiger partial charge in [0.25, 0.3) is 5.91 Å². The van der Waals surface area contributed by atoms with Gasteiger partial charge in [-0.3, -0.25) is 4.79 Å². The third-order valence-corrected chi connectivity index (χ3v) is 4.43. The van der Waals surface area contributed by atoms with Crippen LogP contribution in [0.4, 0.5) is 0 Å². The largest absolute Gasteiger partial charge is 0.342 e. The van der Waals surface area contributed by atoms with Crippen molar-refractivity contribution in [3.8, 4) is 0 Å². The quantitative estimate of drug-likeness (QED) is 0.830. The maximum Gasteiger partial charge on any atom is 0.251 e. The number of hydrogen-bond donors (Lipinski definition) is 2. The summed E-state index contributed by atoms with van der Waals surface area (Å²) in [5.41, 5.74) is 0.368. The number of nitrogens with zero attached hydrogens (tertiary/aromatic N) is 2. The molecule has 23 heavy (non-hydrogen) atoms. The topological polar surface area (TPSA) is 107 Å². The summed E-state index contributed by atoms with van der Waals surface area (Å²) in [5, 5.41) is 7.98. The van der Waals surface area contributed by atoms with Gasteiger partial charge in [-0.15, -0.1) is 0 Å². The van der Waals surface area contributed by atoms with E-state index in [0.29, 0.717) is 5.56 Å². The fraction of sp³-hybridized carbons (Fsp3) is 0.333. The zero-order valence-corrected chi connectivity index (χ0v) is 13.9. The van der Waals surface area contributed by atoms with Gasteiger partial charge in [0.1, 0.15) is 5.82 Å². The SMILES string of the molecule is CCCC(NC(=O)c1ccc(S(N)(=O)=O)cc1)c1nccn1C. The van der Waals surface area contributed by atoms with Crippen LogP contribution >= 0.6 is 0 Å². The molecule has 1 heterocycles. The van der Waals surface area contributed by atoms with E-state index in [9.17, 15) is 13.2 Å². The van der Waals surface area contributed by atoms with Gasteiger partial charge in [0.15, 0.2) is 0 Å². The Morgan fingerprint density at radius 1 is 1.35 bits per heavy atom. The van der Waals surface area contributed by atoms with Crippen LogP contribution in [0.2, 0.25) is 0 Å². The molecule has 1 aromatic carbocycles. The van der Waals surface area contributed by atoms with Crippen molar-refractivity contribution in [1.82, 2.24) is 14.9 Å². The zero-order chi connectivity index (χ0) is 17.0. The fourth-order valence-corrected chi connectivity index (χ4v) is 2.82. The van der Waals surface area contributed by atoms with Crippen LogP contribution in [0.3, 0.4) is 0 Å². The van der Waals surface area contributed by atoms with Crippen molar-refractivity contribution in [2.45, 2.75) is 30.7 Å². The van der Waals surface area contributed by atoms with Crippen LogP contribution in [0, 0.1) is 0 Å². The molecular weight excluding hydrogens is 316 g/mol. The first kappa shape index (κ1) is 17.2. The smallest absolute Gasteiger partial charge is 0.251 e. The molecule has 7 nitrogen and oxygen atoms in total. The van der Waals surface area contributed by atoms with Gasteiger partial charge in [0.05, 0.1) is 10.9 Å². The predicted molar refractivity (Wildman–Crippen MR) is 86.1 cm³/mol. The van der Waals surface area contributed by atoms with Gasteiger partial charge in [0.2, 0.25) is 10.0 Å². The Morgan fingerprint density at radius 2 is 2.00 bits per heavy atom. The predicted octanol–water partition coefficient (Wildman–Crippen LogP) is 1.34. The highest BCUT2D eigenvalue weighted by molar-refractivity contribution is 7.89. The lowest BCUT2D eigenvalue weighted by Gasteiger charge is -2.18. The summed E-state index contributed by atoms with van der Waals surface area (Å²) in [6, 6.07) is 5.32. The number of hydrogen-bond acceptors (Lipinski definition) is 4. The molecule has 1 amide bonds. The van der Waals surface area contributed by atoms with Crippen molar-refractivity contribution in [2.24, 2.45) is 12.2 Å². The van der Waals surface area contributed by atoms with E-state index >= 15 is 0 Å². The minimum absolute atomic E-state index is 0.0248. The molecule has 1 unspecified atom stereocenters. The van der Waals surface area contributed by atoms with Crippen molar-refractivity contribution in [3.63, 3.8) is 0 Å². The normalized spacial score (nSPS) is 12.8. The highest BCUT2D eigenvalue weighted by atomic mass is 32.2. The van der Waals surface area contributed by atoms with Crippen LogP contribution < -0.4 is 10.5 Å². The lowest BCUT2D eigenvalue weighted by atomic mass is 10.1. The third kappa shape index (κ3) is 4.17. The number of carbonyl (C=O) groups excluding carboxylic acids is 1. The lowest BCUT2D eigenvalue weighted by Crippen LogP contribution is -2.30. The number of carbonyl (C=O) groups is 1. The number of aromatic nitrogens is 2. The number of benzene rings is 1. The van der Waals surface area contributed by atoms with Gasteiger partial charge in [0, 0.05) is 25.0 Å². The van der Waals surface area contributed by atoms with E-state index in [4.69, 9.17) is 5.14 Å². The standard InChI is InChI=1S/C15H20N4O3S/c1-3-4-13(14-17-9-10-19(14)2)18-15(20)11-5-7-12(8-6-11)23(16,21)22/h5-10,13H,3-4H2,1-2H3,(H,18,20)(H2,16,21,22). The minimum Gasteiger partial charge on any atom is -0.342 e. The fourth-order valence-electron chi connectivity index (χ4n) is 2.30. The summed E-state index contributed by atoms with van der Waals surface area (Å²) in [7, 11) is -1.89. The second kappa shape index (κ2) is 6.93. The van der Waals surface area contributed by atoms with Crippen LogP contribution in [-0.4, -0.2) is 23.9 Å². The minimum atomic E-state index is -3.76. The molecule has 1 aromatic heterocycles. The maximum absolute atomic E-state index is 12.4. The Kier molecular flexibility index (Phi) is 5.17. The molecule has 2 rings (SSSR count). The number of amides is 1. The van der Waals surface area contributed by atoms with Crippen molar-refractivity contribution in [1.29, 1.82) is 0 Å². The highest BCUT2D eigenvalue weighted by Gasteiger charge is 2.19. The molecule has 124 valence electrons. The molecule has 2 aromatic rings. The van der Waals surface area contributed by atoms with Crippen LogP contribution in [0.25, 0.3) is 0 Å². The first-order valence-corrected chi connectivity index (χ1v) is 8.78. The summed E-state index contributed by atoms with van der Waals surface area (Å²) < 4.78 is 24.3. The Labute approximate surface area is 135 Å². The molecule has 0 saturated carbocycles. The molecule has 0 aliphatic rings. The van der Waals surface area contributed by atoms with Crippen molar-refractivity contribution in [2.75, 3.05) is 0 Å².